The molecule has 0 bridgehead atoms. The summed E-state index contributed by atoms with van der Waals surface area (Å²) in [5, 5.41) is 5.07. The van der Waals surface area contributed by atoms with Gasteiger partial charge in [0.15, 0.2) is 0 Å². The maximum Gasteiger partial charge on any atom is 0.0415 e. The summed E-state index contributed by atoms with van der Waals surface area (Å²) >= 11 is 1.95. The van der Waals surface area contributed by atoms with Crippen LogP contribution in [0.2, 0.25) is 0 Å². The van der Waals surface area contributed by atoms with Crippen LogP contribution in [0.3, 0.4) is 0 Å². The monoisotopic (exact) mass is 231 g/mol. The summed E-state index contributed by atoms with van der Waals surface area (Å²) in [4.78, 5) is 1.52. The Morgan fingerprint density at radius 2 is 2.06 bits per heavy atom. The maximum absolute atomic E-state index is 3.67. The van der Waals surface area contributed by atoms with Gasteiger partial charge >= 0.3 is 0 Å². The minimum atomic E-state index is 0.597. The normalized spacial score (nSPS) is 22.1. The maximum atomic E-state index is 3.67. The molecular formula is C14H17NS. The van der Waals surface area contributed by atoms with Crippen molar-refractivity contribution in [3.05, 3.63) is 35.2 Å². The van der Waals surface area contributed by atoms with Crippen LogP contribution in [0.1, 0.15) is 36.6 Å². The SMILES string of the molecule is c1ccc2sc(C3CCCCCN3)cc2c1. The van der Waals surface area contributed by atoms with E-state index in [9.17, 15) is 0 Å². The zero-order valence-electron chi connectivity index (χ0n) is 9.41. The number of nitrogens with one attached hydrogen (secondary N) is 1. The van der Waals surface area contributed by atoms with E-state index in [1.54, 1.807) is 0 Å². The molecule has 1 aliphatic rings. The van der Waals surface area contributed by atoms with Crippen LogP contribution in [0, 0.1) is 0 Å². The van der Waals surface area contributed by atoms with Crippen LogP contribution >= 0.6 is 11.3 Å². The predicted molar refractivity (Wildman–Crippen MR) is 71.0 cm³/mol. The smallest absolute Gasteiger partial charge is 0.0415 e. The molecule has 1 nitrogen and oxygen atoms in total. The van der Waals surface area contributed by atoms with Gasteiger partial charge in [-0.1, -0.05) is 31.0 Å². The predicted octanol–water partition coefficient (Wildman–Crippen LogP) is 4.11. The van der Waals surface area contributed by atoms with E-state index in [4.69, 9.17) is 0 Å². The van der Waals surface area contributed by atoms with Gasteiger partial charge in [0.05, 0.1) is 0 Å². The zero-order chi connectivity index (χ0) is 10.8. The third kappa shape index (κ3) is 2.00. The van der Waals surface area contributed by atoms with Gasteiger partial charge < -0.3 is 5.32 Å². The number of hydrogen-bond acceptors (Lipinski definition) is 2. The lowest BCUT2D eigenvalue weighted by Gasteiger charge is -2.12. The van der Waals surface area contributed by atoms with Crippen molar-refractivity contribution in [2.45, 2.75) is 31.7 Å². The van der Waals surface area contributed by atoms with E-state index in [0.29, 0.717) is 6.04 Å². The molecule has 0 saturated carbocycles. The molecule has 84 valence electrons. The molecule has 1 aromatic carbocycles. The van der Waals surface area contributed by atoms with Gasteiger partial charge in [-0.25, -0.2) is 0 Å². The highest BCUT2D eigenvalue weighted by molar-refractivity contribution is 7.19. The van der Waals surface area contributed by atoms with E-state index < -0.39 is 0 Å². The van der Waals surface area contributed by atoms with Gasteiger partial charge in [-0.15, -0.1) is 11.3 Å². The Morgan fingerprint density at radius 1 is 1.12 bits per heavy atom. The number of benzene rings is 1. The second kappa shape index (κ2) is 4.56. The van der Waals surface area contributed by atoms with E-state index in [0.717, 1.165) is 0 Å². The number of fused-ring (bicyclic) bond motifs is 1. The molecule has 1 atom stereocenters. The molecule has 0 aliphatic carbocycles. The largest absolute Gasteiger partial charge is 0.309 e. The molecule has 16 heavy (non-hydrogen) atoms. The van der Waals surface area contributed by atoms with Crippen molar-refractivity contribution >= 4 is 21.4 Å². The lowest BCUT2D eigenvalue weighted by Crippen LogP contribution is -2.19. The van der Waals surface area contributed by atoms with Crippen molar-refractivity contribution < 1.29 is 0 Å². The Kier molecular flexibility index (Phi) is 2.94. The molecule has 2 aromatic rings. The van der Waals surface area contributed by atoms with Crippen LogP contribution in [0.15, 0.2) is 30.3 Å². The molecule has 0 radical (unpaired) electrons. The molecule has 2 heteroatoms. The highest BCUT2D eigenvalue weighted by atomic mass is 32.1. The summed E-state index contributed by atoms with van der Waals surface area (Å²) in [5.41, 5.74) is 0. The quantitative estimate of drug-likeness (QED) is 0.779. The van der Waals surface area contributed by atoms with Crippen molar-refractivity contribution in [3.63, 3.8) is 0 Å². The third-order valence-corrected chi connectivity index (χ3v) is 4.58. The van der Waals surface area contributed by atoms with Gasteiger partial charge in [0, 0.05) is 15.6 Å². The van der Waals surface area contributed by atoms with Gasteiger partial charge in [-0.05, 0) is 36.9 Å². The van der Waals surface area contributed by atoms with E-state index in [1.807, 2.05) is 11.3 Å². The van der Waals surface area contributed by atoms with E-state index in [1.165, 1.54) is 47.2 Å². The molecule has 2 heterocycles. The van der Waals surface area contributed by atoms with Crippen molar-refractivity contribution in [3.8, 4) is 0 Å². The summed E-state index contributed by atoms with van der Waals surface area (Å²) in [6.45, 7) is 1.18. The molecule has 1 aliphatic heterocycles. The Labute approximate surface area is 100 Å². The first-order valence-electron chi connectivity index (χ1n) is 6.15. The van der Waals surface area contributed by atoms with Gasteiger partial charge in [0.1, 0.15) is 0 Å². The lowest BCUT2D eigenvalue weighted by molar-refractivity contribution is 0.543. The van der Waals surface area contributed by atoms with Crippen molar-refractivity contribution in [1.82, 2.24) is 5.32 Å². The van der Waals surface area contributed by atoms with Crippen LogP contribution in [0.5, 0.6) is 0 Å². The third-order valence-electron chi connectivity index (χ3n) is 3.35. The number of rotatable bonds is 1. The lowest BCUT2D eigenvalue weighted by atomic mass is 10.1. The van der Waals surface area contributed by atoms with Crippen LogP contribution in [0.4, 0.5) is 0 Å². The highest BCUT2D eigenvalue weighted by Gasteiger charge is 2.15. The fourth-order valence-corrected chi connectivity index (χ4v) is 3.62. The molecular weight excluding hydrogens is 214 g/mol. The first-order valence-corrected chi connectivity index (χ1v) is 6.97. The summed E-state index contributed by atoms with van der Waals surface area (Å²) in [5.74, 6) is 0. The number of hydrogen-bond donors (Lipinski definition) is 1. The van der Waals surface area contributed by atoms with Crippen LogP contribution in [-0.2, 0) is 0 Å². The number of thiophene rings is 1. The summed E-state index contributed by atoms with van der Waals surface area (Å²) in [6.07, 6.45) is 5.38. The van der Waals surface area contributed by atoms with Gasteiger partial charge in [0.25, 0.3) is 0 Å². The first-order chi connectivity index (χ1) is 7.93. The molecule has 1 N–H and O–H groups in total. The Bertz CT molecular complexity index is 433. The molecule has 1 unspecified atom stereocenters. The average molecular weight is 231 g/mol. The first kappa shape index (κ1) is 10.3. The van der Waals surface area contributed by atoms with Gasteiger partial charge in [-0.2, -0.15) is 0 Å². The van der Waals surface area contributed by atoms with E-state index in [2.05, 4.69) is 35.6 Å². The van der Waals surface area contributed by atoms with Crippen LogP contribution < -0.4 is 5.32 Å². The van der Waals surface area contributed by atoms with Crippen LogP contribution in [-0.4, -0.2) is 6.54 Å². The van der Waals surface area contributed by atoms with Crippen molar-refractivity contribution in [1.29, 1.82) is 0 Å². The topological polar surface area (TPSA) is 12.0 Å². The van der Waals surface area contributed by atoms with E-state index >= 15 is 0 Å². The molecule has 3 rings (SSSR count). The summed E-state index contributed by atoms with van der Waals surface area (Å²) in [7, 11) is 0. The zero-order valence-corrected chi connectivity index (χ0v) is 10.2. The molecule has 1 fully saturated rings. The second-order valence-corrected chi connectivity index (χ2v) is 5.66. The van der Waals surface area contributed by atoms with Crippen LogP contribution in [0.25, 0.3) is 10.1 Å². The average Bonchev–Trinajstić information content (AvgIpc) is 2.56. The minimum Gasteiger partial charge on any atom is -0.309 e. The van der Waals surface area contributed by atoms with Gasteiger partial charge in [0.2, 0.25) is 0 Å². The van der Waals surface area contributed by atoms with Gasteiger partial charge in [-0.3, -0.25) is 0 Å². The Morgan fingerprint density at radius 3 is 3.00 bits per heavy atom. The Balaban J connectivity index is 1.92. The minimum absolute atomic E-state index is 0.597. The highest BCUT2D eigenvalue weighted by Crippen LogP contribution is 2.32. The molecule has 0 amide bonds. The summed E-state index contributed by atoms with van der Waals surface area (Å²) in [6, 6.07) is 11.7. The molecule has 1 aromatic heterocycles. The molecule has 0 spiro atoms. The van der Waals surface area contributed by atoms with E-state index in [-0.39, 0.29) is 0 Å². The van der Waals surface area contributed by atoms with Crippen molar-refractivity contribution in [2.24, 2.45) is 0 Å². The summed E-state index contributed by atoms with van der Waals surface area (Å²) < 4.78 is 1.42. The Hall–Kier alpha value is -0.860. The second-order valence-electron chi connectivity index (χ2n) is 4.54. The fraction of sp³-hybridized carbons (Fsp3) is 0.429. The molecule has 1 saturated heterocycles. The standard InChI is InChI=1S/C14H17NS/c1-2-7-12(15-9-5-1)14-10-11-6-3-4-8-13(11)16-14/h3-4,6,8,10,12,15H,1-2,5,7,9H2. The van der Waals surface area contributed by atoms with Crippen molar-refractivity contribution in [2.75, 3.05) is 6.54 Å². The fourth-order valence-electron chi connectivity index (χ4n) is 2.45.